The van der Waals surface area contributed by atoms with Crippen molar-refractivity contribution in [2.75, 3.05) is 0 Å². The number of rotatable bonds is 4. The number of aryl methyl sites for hydroxylation is 1. The molecule has 1 nitrogen and oxygen atoms in total. The van der Waals surface area contributed by atoms with Crippen molar-refractivity contribution in [1.82, 2.24) is 0 Å². The van der Waals surface area contributed by atoms with Crippen LogP contribution in [-0.4, -0.2) is 0 Å². The van der Waals surface area contributed by atoms with Crippen LogP contribution in [0.1, 0.15) is 18.1 Å². The van der Waals surface area contributed by atoms with E-state index in [4.69, 9.17) is 4.74 Å². The van der Waals surface area contributed by atoms with Gasteiger partial charge in [0, 0.05) is 0 Å². The molecule has 3 heteroatoms. The van der Waals surface area contributed by atoms with Crippen molar-refractivity contribution in [3.63, 3.8) is 0 Å². The van der Waals surface area contributed by atoms with Crippen LogP contribution in [0.3, 0.4) is 0 Å². The maximum atomic E-state index is 12.8. The fraction of sp³-hybridized carbons (Fsp3) is 0.200. The van der Waals surface area contributed by atoms with E-state index in [-0.39, 0.29) is 5.82 Å². The zero-order chi connectivity index (χ0) is 13.0. The van der Waals surface area contributed by atoms with Crippen LogP contribution in [0.2, 0.25) is 0 Å². The van der Waals surface area contributed by atoms with Gasteiger partial charge < -0.3 is 4.74 Å². The molecule has 0 aliphatic rings. The Bertz CT molecular complexity index is 523. The summed E-state index contributed by atoms with van der Waals surface area (Å²) in [5.74, 6) is 0.651. The quantitative estimate of drug-likeness (QED) is 0.730. The molecule has 0 saturated carbocycles. The molecule has 94 valence electrons. The van der Waals surface area contributed by atoms with Crippen molar-refractivity contribution in [3.8, 4) is 5.75 Å². The van der Waals surface area contributed by atoms with Gasteiger partial charge in [0.05, 0.1) is 3.57 Å². The van der Waals surface area contributed by atoms with E-state index in [1.165, 1.54) is 17.7 Å². The van der Waals surface area contributed by atoms with Gasteiger partial charge in [0.1, 0.15) is 18.2 Å². The Hall–Kier alpha value is -1.10. The highest BCUT2D eigenvalue weighted by Gasteiger charge is 2.02. The molecule has 2 aromatic carbocycles. The monoisotopic (exact) mass is 356 g/mol. The van der Waals surface area contributed by atoms with Crippen molar-refractivity contribution < 1.29 is 9.13 Å². The van der Waals surface area contributed by atoms with E-state index in [1.54, 1.807) is 12.1 Å². The molecule has 0 saturated heterocycles. The second-order valence-electron chi connectivity index (χ2n) is 4.03. The van der Waals surface area contributed by atoms with E-state index in [1.807, 2.05) is 6.07 Å². The largest absolute Gasteiger partial charge is 0.488 e. The Balaban J connectivity index is 2.04. The smallest absolute Gasteiger partial charge is 0.133 e. The van der Waals surface area contributed by atoms with Crippen LogP contribution in [-0.2, 0) is 13.0 Å². The highest BCUT2D eigenvalue weighted by Crippen LogP contribution is 2.23. The maximum Gasteiger partial charge on any atom is 0.133 e. The number of halogens is 2. The Morgan fingerprint density at radius 3 is 2.33 bits per heavy atom. The molecule has 18 heavy (non-hydrogen) atoms. The van der Waals surface area contributed by atoms with Crippen LogP contribution in [0.4, 0.5) is 4.39 Å². The van der Waals surface area contributed by atoms with Gasteiger partial charge in [0.2, 0.25) is 0 Å². The Kier molecular flexibility index (Phi) is 4.58. The lowest BCUT2D eigenvalue weighted by Gasteiger charge is -2.09. The summed E-state index contributed by atoms with van der Waals surface area (Å²) in [6.07, 6.45) is 1.02. The minimum absolute atomic E-state index is 0.222. The fourth-order valence-electron chi connectivity index (χ4n) is 1.62. The summed E-state index contributed by atoms with van der Waals surface area (Å²) < 4.78 is 19.6. The number of hydrogen-bond donors (Lipinski definition) is 0. The van der Waals surface area contributed by atoms with Gasteiger partial charge in [-0.15, -0.1) is 0 Å². The first kappa shape index (κ1) is 13.3. The maximum absolute atomic E-state index is 12.8. The van der Waals surface area contributed by atoms with Crippen LogP contribution in [0.5, 0.6) is 5.75 Å². The summed E-state index contributed by atoms with van der Waals surface area (Å²) in [5, 5.41) is 0. The van der Waals surface area contributed by atoms with Gasteiger partial charge in [-0.2, -0.15) is 0 Å². The van der Waals surface area contributed by atoms with E-state index in [0.29, 0.717) is 6.61 Å². The molecular weight excluding hydrogens is 342 g/mol. The summed E-state index contributed by atoms with van der Waals surface area (Å²) in [6, 6.07) is 12.6. The van der Waals surface area contributed by atoms with Gasteiger partial charge in [-0.1, -0.05) is 25.1 Å². The molecule has 0 bridgehead atoms. The molecule has 0 aliphatic carbocycles. The average Bonchev–Trinajstić information content (AvgIpc) is 2.39. The predicted molar refractivity (Wildman–Crippen MR) is 79.3 cm³/mol. The molecule has 2 rings (SSSR count). The fourth-order valence-corrected chi connectivity index (χ4v) is 2.36. The van der Waals surface area contributed by atoms with Crippen molar-refractivity contribution in [2.24, 2.45) is 0 Å². The van der Waals surface area contributed by atoms with E-state index < -0.39 is 0 Å². The highest BCUT2D eigenvalue weighted by atomic mass is 127. The molecule has 0 heterocycles. The first-order valence-corrected chi connectivity index (χ1v) is 6.92. The van der Waals surface area contributed by atoms with Crippen molar-refractivity contribution >= 4 is 22.6 Å². The first-order valence-electron chi connectivity index (χ1n) is 5.84. The van der Waals surface area contributed by atoms with E-state index in [9.17, 15) is 4.39 Å². The zero-order valence-corrected chi connectivity index (χ0v) is 12.3. The van der Waals surface area contributed by atoms with Crippen LogP contribution < -0.4 is 4.74 Å². The van der Waals surface area contributed by atoms with E-state index in [2.05, 4.69) is 41.6 Å². The van der Waals surface area contributed by atoms with Gasteiger partial charge in [-0.3, -0.25) is 0 Å². The molecule has 0 aliphatic heterocycles. The minimum Gasteiger partial charge on any atom is -0.488 e. The first-order chi connectivity index (χ1) is 8.69. The molecule has 0 atom stereocenters. The Labute approximate surface area is 120 Å². The van der Waals surface area contributed by atoms with E-state index in [0.717, 1.165) is 21.3 Å². The Morgan fingerprint density at radius 1 is 1.06 bits per heavy atom. The van der Waals surface area contributed by atoms with Gasteiger partial charge in [0.25, 0.3) is 0 Å². The summed E-state index contributed by atoms with van der Waals surface area (Å²) in [6.45, 7) is 2.59. The highest BCUT2D eigenvalue weighted by molar-refractivity contribution is 14.1. The standard InChI is InChI=1S/C15H14FIO/c1-2-11-5-8-15(14(17)9-11)18-10-12-3-6-13(16)7-4-12/h3-9H,2,10H2,1H3. The predicted octanol–water partition coefficient (Wildman–Crippen LogP) is 4.57. The van der Waals surface area contributed by atoms with Crippen LogP contribution in [0.25, 0.3) is 0 Å². The summed E-state index contributed by atoms with van der Waals surface area (Å²) in [5.41, 5.74) is 2.26. The van der Waals surface area contributed by atoms with Gasteiger partial charge >= 0.3 is 0 Å². The Morgan fingerprint density at radius 2 is 1.72 bits per heavy atom. The summed E-state index contributed by atoms with van der Waals surface area (Å²) in [7, 11) is 0. The number of ether oxygens (including phenoxy) is 1. The molecule has 2 aromatic rings. The van der Waals surface area contributed by atoms with Gasteiger partial charge in [-0.05, 0) is 64.4 Å². The molecule has 0 N–H and O–H groups in total. The van der Waals surface area contributed by atoms with Crippen LogP contribution in [0.15, 0.2) is 42.5 Å². The van der Waals surface area contributed by atoms with Gasteiger partial charge in [-0.25, -0.2) is 4.39 Å². The molecule has 0 spiro atoms. The molecule has 0 amide bonds. The van der Waals surface area contributed by atoms with Gasteiger partial charge in [0.15, 0.2) is 0 Å². The van der Waals surface area contributed by atoms with Crippen LogP contribution >= 0.6 is 22.6 Å². The third kappa shape index (κ3) is 3.45. The molecular formula is C15H14FIO. The van der Waals surface area contributed by atoms with Crippen LogP contribution in [0, 0.1) is 9.39 Å². The zero-order valence-electron chi connectivity index (χ0n) is 10.1. The lowest BCUT2D eigenvalue weighted by molar-refractivity contribution is 0.304. The summed E-state index contributed by atoms with van der Waals surface area (Å²) >= 11 is 2.27. The summed E-state index contributed by atoms with van der Waals surface area (Å²) in [4.78, 5) is 0. The second-order valence-corrected chi connectivity index (χ2v) is 5.20. The lowest BCUT2D eigenvalue weighted by Crippen LogP contribution is -1.97. The van der Waals surface area contributed by atoms with Crippen molar-refractivity contribution in [2.45, 2.75) is 20.0 Å². The molecule has 0 fully saturated rings. The minimum atomic E-state index is -0.222. The second kappa shape index (κ2) is 6.18. The normalized spacial score (nSPS) is 10.4. The van der Waals surface area contributed by atoms with E-state index >= 15 is 0 Å². The number of hydrogen-bond acceptors (Lipinski definition) is 1. The van der Waals surface area contributed by atoms with Crippen molar-refractivity contribution in [1.29, 1.82) is 0 Å². The third-order valence-corrected chi connectivity index (χ3v) is 3.56. The SMILES string of the molecule is CCc1ccc(OCc2ccc(F)cc2)c(I)c1. The number of benzene rings is 2. The topological polar surface area (TPSA) is 9.23 Å². The average molecular weight is 356 g/mol. The third-order valence-electron chi connectivity index (χ3n) is 2.71. The lowest BCUT2D eigenvalue weighted by atomic mass is 10.2. The molecule has 0 aromatic heterocycles. The van der Waals surface area contributed by atoms with Crippen molar-refractivity contribution in [3.05, 3.63) is 63.0 Å². The molecule has 0 unspecified atom stereocenters. The molecule has 0 radical (unpaired) electrons.